The topological polar surface area (TPSA) is 29.1 Å². The maximum atomic E-state index is 12.0. The van der Waals surface area contributed by atoms with Crippen molar-refractivity contribution < 1.29 is 4.79 Å². The van der Waals surface area contributed by atoms with Crippen LogP contribution in [0.5, 0.6) is 0 Å². The lowest BCUT2D eigenvalue weighted by atomic mass is 9.84. The minimum atomic E-state index is 0.0746. The molecule has 2 nitrogen and oxygen atoms in total. The highest BCUT2D eigenvalue weighted by molar-refractivity contribution is 5.94. The van der Waals surface area contributed by atoms with E-state index >= 15 is 0 Å². The first-order valence-electron chi connectivity index (χ1n) is 6.65. The van der Waals surface area contributed by atoms with E-state index in [0.717, 1.165) is 24.3 Å². The predicted octanol–water partition coefficient (Wildman–Crippen LogP) is 3.39. The van der Waals surface area contributed by atoms with Crippen LogP contribution in [0.3, 0.4) is 0 Å². The third-order valence-corrected chi connectivity index (χ3v) is 3.80. The Bertz CT molecular complexity index is 352. The van der Waals surface area contributed by atoms with E-state index in [1.54, 1.807) is 0 Å². The second-order valence-corrected chi connectivity index (χ2v) is 4.97. The van der Waals surface area contributed by atoms with E-state index in [-0.39, 0.29) is 5.91 Å². The zero-order valence-corrected chi connectivity index (χ0v) is 10.5. The lowest BCUT2D eigenvalue weighted by Crippen LogP contribution is -2.37. The van der Waals surface area contributed by atoms with E-state index in [1.165, 1.54) is 19.3 Å². The molecule has 1 fully saturated rings. The zero-order valence-electron chi connectivity index (χ0n) is 10.5. The molecule has 0 saturated heterocycles. The number of amides is 1. The largest absolute Gasteiger partial charge is 0.349 e. The van der Waals surface area contributed by atoms with Crippen molar-refractivity contribution in [3.63, 3.8) is 0 Å². The normalized spacial score (nSPS) is 24.3. The lowest BCUT2D eigenvalue weighted by molar-refractivity contribution is 0.0921. The molecular weight excluding hydrogens is 210 g/mol. The summed E-state index contributed by atoms with van der Waals surface area (Å²) in [4.78, 5) is 12.0. The Labute approximate surface area is 103 Å². The summed E-state index contributed by atoms with van der Waals surface area (Å²) in [5.41, 5.74) is 0.769. The van der Waals surface area contributed by atoms with Gasteiger partial charge < -0.3 is 5.32 Å². The second-order valence-electron chi connectivity index (χ2n) is 4.97. The fourth-order valence-corrected chi connectivity index (χ4v) is 2.57. The molecule has 1 aromatic carbocycles. The van der Waals surface area contributed by atoms with Gasteiger partial charge in [-0.2, -0.15) is 0 Å². The molecule has 0 aromatic heterocycles. The highest BCUT2D eigenvalue weighted by Gasteiger charge is 2.21. The Kier molecular flexibility index (Phi) is 4.18. The average Bonchev–Trinajstić information content (AvgIpc) is 2.40. The molecule has 0 atom stereocenters. The van der Waals surface area contributed by atoms with Gasteiger partial charge in [-0.3, -0.25) is 4.79 Å². The summed E-state index contributed by atoms with van der Waals surface area (Å²) in [7, 11) is 0. The quantitative estimate of drug-likeness (QED) is 0.849. The Morgan fingerprint density at radius 3 is 2.41 bits per heavy atom. The SMILES string of the molecule is CC[C@H]1CC[C@@H](NC(=O)c2ccccc2)CC1. The third-order valence-electron chi connectivity index (χ3n) is 3.80. The van der Waals surface area contributed by atoms with E-state index in [1.807, 2.05) is 30.3 Å². The highest BCUT2D eigenvalue weighted by Crippen LogP contribution is 2.26. The molecule has 0 unspecified atom stereocenters. The van der Waals surface area contributed by atoms with Gasteiger partial charge in [0.15, 0.2) is 0 Å². The van der Waals surface area contributed by atoms with Crippen LogP contribution in [-0.2, 0) is 0 Å². The van der Waals surface area contributed by atoms with Crippen molar-refractivity contribution >= 4 is 5.91 Å². The molecule has 0 spiro atoms. The van der Waals surface area contributed by atoms with Gasteiger partial charge in [0.25, 0.3) is 5.91 Å². The zero-order chi connectivity index (χ0) is 12.1. The number of carbonyl (C=O) groups excluding carboxylic acids is 1. The van der Waals surface area contributed by atoms with Crippen LogP contribution in [0.15, 0.2) is 30.3 Å². The molecule has 1 amide bonds. The Morgan fingerprint density at radius 1 is 1.18 bits per heavy atom. The molecule has 17 heavy (non-hydrogen) atoms. The third kappa shape index (κ3) is 3.32. The van der Waals surface area contributed by atoms with Gasteiger partial charge in [0.2, 0.25) is 0 Å². The Hall–Kier alpha value is -1.31. The monoisotopic (exact) mass is 231 g/mol. The van der Waals surface area contributed by atoms with Crippen molar-refractivity contribution in [2.75, 3.05) is 0 Å². The summed E-state index contributed by atoms with van der Waals surface area (Å²) in [5, 5.41) is 3.14. The number of hydrogen-bond donors (Lipinski definition) is 1. The average molecular weight is 231 g/mol. The first-order chi connectivity index (χ1) is 8.29. The van der Waals surface area contributed by atoms with Crippen molar-refractivity contribution in [3.05, 3.63) is 35.9 Å². The number of nitrogens with one attached hydrogen (secondary N) is 1. The number of rotatable bonds is 3. The van der Waals surface area contributed by atoms with E-state index < -0.39 is 0 Å². The van der Waals surface area contributed by atoms with E-state index in [0.29, 0.717) is 6.04 Å². The van der Waals surface area contributed by atoms with Crippen LogP contribution >= 0.6 is 0 Å². The fraction of sp³-hybridized carbons (Fsp3) is 0.533. The summed E-state index contributed by atoms with van der Waals surface area (Å²) in [6, 6.07) is 9.86. The second kappa shape index (κ2) is 5.85. The molecule has 92 valence electrons. The summed E-state index contributed by atoms with van der Waals surface area (Å²) in [6.07, 6.45) is 6.07. The van der Waals surface area contributed by atoms with Crippen LogP contribution in [0.1, 0.15) is 49.4 Å². The van der Waals surface area contributed by atoms with Crippen LogP contribution in [0.2, 0.25) is 0 Å². The van der Waals surface area contributed by atoms with E-state index in [4.69, 9.17) is 0 Å². The molecule has 1 saturated carbocycles. The maximum Gasteiger partial charge on any atom is 0.251 e. The molecule has 0 radical (unpaired) electrons. The van der Waals surface area contributed by atoms with Crippen molar-refractivity contribution in [2.24, 2.45) is 5.92 Å². The van der Waals surface area contributed by atoms with E-state index in [9.17, 15) is 4.79 Å². The summed E-state index contributed by atoms with van der Waals surface area (Å²) in [5.74, 6) is 0.949. The molecule has 2 rings (SSSR count). The fourth-order valence-electron chi connectivity index (χ4n) is 2.57. The molecule has 1 aliphatic carbocycles. The molecule has 0 heterocycles. The predicted molar refractivity (Wildman–Crippen MR) is 69.9 cm³/mol. The molecule has 0 bridgehead atoms. The number of hydrogen-bond acceptors (Lipinski definition) is 1. The molecule has 1 aromatic rings. The van der Waals surface area contributed by atoms with Crippen LogP contribution in [0, 0.1) is 5.92 Å². The standard InChI is InChI=1S/C15H21NO/c1-2-12-8-10-14(11-9-12)16-15(17)13-6-4-3-5-7-13/h3-7,12,14H,2,8-11H2,1H3,(H,16,17)/t12-,14+. The minimum absolute atomic E-state index is 0.0746. The van der Waals surface area contributed by atoms with Gasteiger partial charge in [-0.25, -0.2) is 0 Å². The van der Waals surface area contributed by atoms with Crippen LogP contribution in [-0.4, -0.2) is 11.9 Å². The summed E-state index contributed by atoms with van der Waals surface area (Å²) in [6.45, 7) is 2.26. The minimum Gasteiger partial charge on any atom is -0.349 e. The van der Waals surface area contributed by atoms with Crippen molar-refractivity contribution in [3.8, 4) is 0 Å². The number of benzene rings is 1. The van der Waals surface area contributed by atoms with Gasteiger partial charge in [-0.05, 0) is 43.7 Å². The Morgan fingerprint density at radius 2 is 1.82 bits per heavy atom. The van der Waals surface area contributed by atoms with Gasteiger partial charge in [0.05, 0.1) is 0 Å². The summed E-state index contributed by atoms with van der Waals surface area (Å²) < 4.78 is 0. The van der Waals surface area contributed by atoms with Crippen LogP contribution in [0.25, 0.3) is 0 Å². The first kappa shape index (κ1) is 12.2. The van der Waals surface area contributed by atoms with Crippen molar-refractivity contribution in [1.29, 1.82) is 0 Å². The molecule has 1 aliphatic rings. The maximum absolute atomic E-state index is 12.0. The van der Waals surface area contributed by atoms with Crippen LogP contribution in [0.4, 0.5) is 0 Å². The van der Waals surface area contributed by atoms with Crippen molar-refractivity contribution in [2.45, 2.75) is 45.1 Å². The first-order valence-corrected chi connectivity index (χ1v) is 6.65. The summed E-state index contributed by atoms with van der Waals surface area (Å²) >= 11 is 0. The van der Waals surface area contributed by atoms with Crippen molar-refractivity contribution in [1.82, 2.24) is 5.32 Å². The molecular formula is C15H21NO. The molecule has 2 heteroatoms. The van der Waals surface area contributed by atoms with Gasteiger partial charge in [0.1, 0.15) is 0 Å². The van der Waals surface area contributed by atoms with Gasteiger partial charge in [-0.1, -0.05) is 31.5 Å². The highest BCUT2D eigenvalue weighted by atomic mass is 16.1. The Balaban J connectivity index is 1.84. The van der Waals surface area contributed by atoms with Crippen LogP contribution < -0.4 is 5.32 Å². The molecule has 1 N–H and O–H groups in total. The molecule has 0 aliphatic heterocycles. The lowest BCUT2D eigenvalue weighted by Gasteiger charge is -2.28. The van der Waals surface area contributed by atoms with E-state index in [2.05, 4.69) is 12.2 Å². The van der Waals surface area contributed by atoms with Gasteiger partial charge in [0, 0.05) is 11.6 Å². The van der Waals surface area contributed by atoms with Gasteiger partial charge in [-0.15, -0.1) is 0 Å². The number of carbonyl (C=O) groups is 1. The smallest absolute Gasteiger partial charge is 0.251 e. The van der Waals surface area contributed by atoms with Gasteiger partial charge >= 0.3 is 0 Å².